The lowest BCUT2D eigenvalue weighted by atomic mass is 10.2. The first-order chi connectivity index (χ1) is 22.8. The summed E-state index contributed by atoms with van der Waals surface area (Å²) in [5.74, 6) is 0.868. The van der Waals surface area contributed by atoms with Crippen LogP contribution in [-0.2, 0) is 22.6 Å². The minimum Gasteiger partial charge on any atom is -0.492 e. The van der Waals surface area contributed by atoms with Gasteiger partial charge in [0, 0.05) is 37.1 Å². The maximum atomic E-state index is 13.6. The zero-order valence-electron chi connectivity index (χ0n) is 25.9. The molecule has 3 aromatic carbocycles. The number of ether oxygens (including phenoxy) is 1. The molecule has 0 aliphatic carbocycles. The van der Waals surface area contributed by atoms with Gasteiger partial charge >= 0.3 is 0 Å². The van der Waals surface area contributed by atoms with Crippen molar-refractivity contribution in [2.75, 3.05) is 26.2 Å². The average molecular weight is 639 g/mol. The molecule has 0 radical (unpaired) electrons. The Labute approximate surface area is 270 Å². The van der Waals surface area contributed by atoms with Crippen LogP contribution < -0.4 is 15.4 Å². The SMILES string of the molecule is C[C@@H]1NC(=O)CN(C(=O)CCc2nc3ccc(F)cc3[nH]2)CCCNC(=O)c2cccc(c2)OCCn2nc(-c3ccccc3)nc21. The fourth-order valence-corrected chi connectivity index (χ4v) is 5.45. The number of carbonyl (C=O) groups excluding carboxylic acids is 3. The number of amides is 3. The molecule has 0 saturated heterocycles. The Morgan fingerprint density at radius 1 is 1.00 bits per heavy atom. The van der Waals surface area contributed by atoms with Crippen molar-refractivity contribution in [3.8, 4) is 17.1 Å². The Kier molecular flexibility index (Phi) is 9.51. The van der Waals surface area contributed by atoms with E-state index in [-0.39, 0.29) is 56.1 Å². The van der Waals surface area contributed by atoms with Gasteiger partial charge in [-0.25, -0.2) is 19.0 Å². The number of hydrogen-bond acceptors (Lipinski definition) is 7. The van der Waals surface area contributed by atoms with E-state index in [4.69, 9.17) is 14.8 Å². The number of halogens is 1. The first kappa shape index (κ1) is 31.4. The van der Waals surface area contributed by atoms with Gasteiger partial charge in [-0.2, -0.15) is 5.10 Å². The van der Waals surface area contributed by atoms with Crippen molar-refractivity contribution in [1.82, 2.24) is 40.3 Å². The third-order valence-corrected chi connectivity index (χ3v) is 7.81. The minimum atomic E-state index is -0.526. The predicted molar refractivity (Wildman–Crippen MR) is 172 cm³/mol. The Morgan fingerprint density at radius 3 is 2.68 bits per heavy atom. The molecule has 2 bridgehead atoms. The highest BCUT2D eigenvalue weighted by Crippen LogP contribution is 2.20. The van der Waals surface area contributed by atoms with Gasteiger partial charge in [0.15, 0.2) is 5.82 Å². The van der Waals surface area contributed by atoms with Crippen LogP contribution in [0.1, 0.15) is 47.8 Å². The van der Waals surface area contributed by atoms with Gasteiger partial charge in [-0.3, -0.25) is 14.4 Å². The normalized spacial score (nSPS) is 16.4. The van der Waals surface area contributed by atoms with Crippen molar-refractivity contribution >= 4 is 28.8 Å². The number of aryl methyl sites for hydroxylation is 1. The van der Waals surface area contributed by atoms with Gasteiger partial charge in [0.25, 0.3) is 5.91 Å². The molecule has 2 aromatic heterocycles. The molecule has 1 aliphatic rings. The van der Waals surface area contributed by atoms with E-state index in [1.165, 1.54) is 17.0 Å². The Hall–Kier alpha value is -5.59. The monoisotopic (exact) mass is 638 g/mol. The summed E-state index contributed by atoms with van der Waals surface area (Å²) in [5, 5.41) is 10.6. The molecule has 1 atom stereocenters. The minimum absolute atomic E-state index is 0.0824. The van der Waals surface area contributed by atoms with Gasteiger partial charge in [0.1, 0.15) is 29.8 Å². The number of rotatable bonds is 4. The second kappa shape index (κ2) is 14.2. The van der Waals surface area contributed by atoms with Crippen LogP contribution in [0, 0.1) is 5.82 Å². The maximum Gasteiger partial charge on any atom is 0.251 e. The van der Waals surface area contributed by atoms with Crippen LogP contribution in [0.5, 0.6) is 5.75 Å². The first-order valence-corrected chi connectivity index (χ1v) is 15.5. The number of carbonyl (C=O) groups is 3. The molecule has 0 fully saturated rings. The predicted octanol–water partition coefficient (Wildman–Crippen LogP) is 3.81. The summed E-state index contributed by atoms with van der Waals surface area (Å²) in [6.45, 7) is 2.76. The van der Waals surface area contributed by atoms with Gasteiger partial charge in [0.2, 0.25) is 11.8 Å². The number of hydrogen-bond donors (Lipinski definition) is 3. The molecule has 0 spiro atoms. The van der Waals surface area contributed by atoms with E-state index in [1.54, 1.807) is 35.0 Å². The summed E-state index contributed by atoms with van der Waals surface area (Å²) in [6.07, 6.45) is 0.790. The summed E-state index contributed by atoms with van der Waals surface area (Å²) in [7, 11) is 0. The van der Waals surface area contributed by atoms with Crippen LogP contribution in [0.3, 0.4) is 0 Å². The van der Waals surface area contributed by atoms with E-state index in [9.17, 15) is 18.8 Å². The van der Waals surface area contributed by atoms with Crippen molar-refractivity contribution in [2.24, 2.45) is 0 Å². The summed E-state index contributed by atoms with van der Waals surface area (Å²) >= 11 is 0. The van der Waals surface area contributed by atoms with Gasteiger partial charge in [-0.1, -0.05) is 36.4 Å². The quantitative estimate of drug-likeness (QED) is 0.271. The second-order valence-corrected chi connectivity index (χ2v) is 11.3. The zero-order valence-corrected chi connectivity index (χ0v) is 25.9. The zero-order chi connectivity index (χ0) is 32.8. The fourth-order valence-electron chi connectivity index (χ4n) is 5.45. The molecule has 47 heavy (non-hydrogen) atoms. The fraction of sp³-hybridized carbons (Fsp3) is 0.294. The third-order valence-electron chi connectivity index (χ3n) is 7.81. The van der Waals surface area contributed by atoms with Gasteiger partial charge in [-0.05, 0) is 49.7 Å². The number of fused-ring (bicyclic) bond motifs is 4. The van der Waals surface area contributed by atoms with Gasteiger partial charge in [0.05, 0.1) is 30.2 Å². The Balaban J connectivity index is 1.22. The molecule has 0 saturated carbocycles. The van der Waals surface area contributed by atoms with Crippen LogP contribution in [0.4, 0.5) is 4.39 Å². The van der Waals surface area contributed by atoms with Crippen molar-refractivity contribution in [3.63, 3.8) is 0 Å². The smallest absolute Gasteiger partial charge is 0.251 e. The average Bonchev–Trinajstić information content (AvgIpc) is 3.69. The van der Waals surface area contributed by atoms with Gasteiger partial charge < -0.3 is 25.3 Å². The lowest BCUT2D eigenvalue weighted by molar-refractivity contribution is -0.136. The number of H-pyrrole nitrogens is 1. The largest absolute Gasteiger partial charge is 0.492 e. The van der Waals surface area contributed by atoms with E-state index >= 15 is 0 Å². The summed E-state index contributed by atoms with van der Waals surface area (Å²) < 4.78 is 21.3. The molecular weight excluding hydrogens is 603 g/mol. The Morgan fingerprint density at radius 2 is 1.83 bits per heavy atom. The molecule has 242 valence electrons. The van der Waals surface area contributed by atoms with E-state index < -0.39 is 6.04 Å². The molecule has 3 heterocycles. The van der Waals surface area contributed by atoms with Crippen LogP contribution in [-0.4, -0.2) is 73.6 Å². The summed E-state index contributed by atoms with van der Waals surface area (Å²) in [6, 6.07) is 20.2. The summed E-state index contributed by atoms with van der Waals surface area (Å²) in [4.78, 5) is 53.4. The number of aromatic nitrogens is 5. The summed E-state index contributed by atoms with van der Waals surface area (Å²) in [5.41, 5.74) is 2.43. The Bertz CT molecular complexity index is 1890. The lowest BCUT2D eigenvalue weighted by Gasteiger charge is -2.24. The number of imidazole rings is 1. The van der Waals surface area contributed by atoms with Gasteiger partial charge in [-0.15, -0.1) is 0 Å². The standard InChI is InChI=1S/C34H35FN8O4/c1-22-33-40-32(23-7-3-2-4-8-23)41-43(33)17-18-47-26-10-5-9-24(19-26)34(46)36-15-6-16-42(21-30(44)37-22)31(45)14-13-29-38-27-12-11-25(35)20-28(27)39-29/h2-5,7-12,19-20,22H,6,13-18,21H2,1H3,(H,36,46)(H,37,44)(H,38,39)/t22-/m0/s1. The molecule has 13 heteroatoms. The van der Waals surface area contributed by atoms with Crippen molar-refractivity contribution in [3.05, 3.63) is 95.8 Å². The van der Waals surface area contributed by atoms with E-state index in [2.05, 4.69) is 20.6 Å². The van der Waals surface area contributed by atoms with E-state index in [0.29, 0.717) is 59.3 Å². The molecule has 5 aromatic rings. The second-order valence-electron chi connectivity index (χ2n) is 11.3. The topological polar surface area (TPSA) is 147 Å². The van der Waals surface area contributed by atoms with Crippen LogP contribution in [0.15, 0.2) is 72.8 Å². The molecule has 1 aliphatic heterocycles. The van der Waals surface area contributed by atoms with Crippen LogP contribution >= 0.6 is 0 Å². The van der Waals surface area contributed by atoms with Crippen LogP contribution in [0.25, 0.3) is 22.4 Å². The number of nitrogens with zero attached hydrogens (tertiary/aromatic N) is 5. The number of benzene rings is 3. The first-order valence-electron chi connectivity index (χ1n) is 15.5. The molecule has 3 N–H and O–H groups in total. The third kappa shape index (κ3) is 7.80. The number of nitrogens with one attached hydrogen (secondary N) is 3. The molecule has 0 unspecified atom stereocenters. The molecule has 6 rings (SSSR count). The highest BCUT2D eigenvalue weighted by Gasteiger charge is 2.23. The molecule has 3 amide bonds. The highest BCUT2D eigenvalue weighted by molar-refractivity contribution is 5.94. The molecule has 12 nitrogen and oxygen atoms in total. The van der Waals surface area contributed by atoms with Crippen molar-refractivity contribution in [2.45, 2.75) is 38.8 Å². The van der Waals surface area contributed by atoms with Crippen LogP contribution in [0.2, 0.25) is 0 Å². The number of aromatic amines is 1. The molecular formula is C34H35FN8O4. The maximum absolute atomic E-state index is 13.6. The van der Waals surface area contributed by atoms with Crippen molar-refractivity contribution in [1.29, 1.82) is 0 Å². The van der Waals surface area contributed by atoms with E-state index in [0.717, 1.165) is 5.56 Å². The highest BCUT2D eigenvalue weighted by atomic mass is 19.1. The van der Waals surface area contributed by atoms with Crippen molar-refractivity contribution < 1.29 is 23.5 Å². The lowest BCUT2D eigenvalue weighted by Crippen LogP contribution is -2.43. The van der Waals surface area contributed by atoms with E-state index in [1.807, 2.05) is 37.3 Å².